The molecule has 1 aromatic carbocycles. The predicted molar refractivity (Wildman–Crippen MR) is 57.3 cm³/mol. The third-order valence-electron chi connectivity index (χ3n) is 2.28. The van der Waals surface area contributed by atoms with E-state index in [1.54, 1.807) is 0 Å². The fourth-order valence-corrected chi connectivity index (χ4v) is 1.44. The van der Waals surface area contributed by atoms with Gasteiger partial charge in [0.15, 0.2) is 15.9 Å². The maximum absolute atomic E-state index is 13.1. The van der Waals surface area contributed by atoms with Gasteiger partial charge in [0.05, 0.1) is 0 Å². The average Bonchev–Trinajstić information content (AvgIpc) is 2.48. The molecule has 0 fully saturated rings. The van der Waals surface area contributed by atoms with E-state index in [0.717, 1.165) is 0 Å². The van der Waals surface area contributed by atoms with Gasteiger partial charge in [0, 0.05) is 0 Å². The third-order valence-corrected chi connectivity index (χ3v) is 3.08. The van der Waals surface area contributed by atoms with Gasteiger partial charge in [-0.2, -0.15) is 17.6 Å². The summed E-state index contributed by atoms with van der Waals surface area (Å²) < 4.78 is 128. The molecule has 1 aromatic rings. The zero-order valence-electron chi connectivity index (χ0n) is 11.9. The van der Waals surface area contributed by atoms with Crippen LogP contribution < -0.4 is 34.3 Å². The van der Waals surface area contributed by atoms with E-state index in [4.69, 9.17) is 0 Å². The molecule has 0 unspecified atom stereocenters. The van der Waals surface area contributed by atoms with Gasteiger partial charge in [-0.3, -0.25) is 0 Å². The van der Waals surface area contributed by atoms with Crippen molar-refractivity contribution in [3.05, 3.63) is 29.1 Å². The molecule has 0 saturated carbocycles. The number of carbonyl (C=O) groups is 1. The molecule has 0 bridgehead atoms. The molecular weight excluding hydrogens is 404 g/mol. The Morgan fingerprint density at radius 3 is 1.72 bits per heavy atom. The number of benzene rings is 1. The van der Waals surface area contributed by atoms with Crippen molar-refractivity contribution in [2.45, 2.75) is 5.25 Å². The molecule has 25 heavy (non-hydrogen) atoms. The summed E-state index contributed by atoms with van der Waals surface area (Å²) in [4.78, 5) is 10.7. The molecule has 0 aliphatic rings. The van der Waals surface area contributed by atoms with Gasteiger partial charge in [0.1, 0.15) is 13.2 Å². The van der Waals surface area contributed by atoms with E-state index in [9.17, 15) is 48.5 Å². The van der Waals surface area contributed by atoms with Crippen molar-refractivity contribution in [3.8, 4) is 5.75 Å². The average molecular weight is 408 g/mol. The molecule has 0 radical (unpaired) electrons. The minimum absolute atomic E-state index is 0. The van der Waals surface area contributed by atoms with Crippen molar-refractivity contribution >= 4 is 16.1 Å². The number of halogens is 7. The van der Waals surface area contributed by atoms with Crippen LogP contribution in [-0.2, 0) is 19.6 Å². The number of carbonyl (C=O) groups excluding carboxylic acids is 1. The second-order valence-electron chi connectivity index (χ2n) is 3.85. The monoisotopic (exact) mass is 408 g/mol. The van der Waals surface area contributed by atoms with Gasteiger partial charge >= 0.3 is 40.8 Å². The summed E-state index contributed by atoms with van der Waals surface area (Å²) >= 11 is 0. The summed E-state index contributed by atoms with van der Waals surface area (Å²) in [6.45, 7) is -2.48. The number of hydrogen-bond donors (Lipinski definition) is 0. The van der Waals surface area contributed by atoms with Crippen LogP contribution in [0.5, 0.6) is 5.75 Å². The quantitative estimate of drug-likeness (QED) is 0.108. The second kappa shape index (κ2) is 8.53. The number of esters is 1. The summed E-state index contributed by atoms with van der Waals surface area (Å²) in [5.74, 6) is -16.5. The molecule has 0 saturated heterocycles. The van der Waals surface area contributed by atoms with Crippen LogP contribution in [-0.4, -0.2) is 37.4 Å². The van der Waals surface area contributed by atoms with Crippen molar-refractivity contribution in [1.29, 1.82) is 0 Å². The van der Waals surface area contributed by atoms with Crippen LogP contribution >= 0.6 is 0 Å². The molecule has 0 spiro atoms. The Bertz CT molecular complexity index is 741. The van der Waals surface area contributed by atoms with Gasteiger partial charge in [-0.25, -0.2) is 26.4 Å². The Kier molecular flexibility index (Phi) is 8.16. The molecule has 136 valence electrons. The topological polar surface area (TPSA) is 92.7 Å². The van der Waals surface area contributed by atoms with E-state index < -0.39 is 69.4 Å². The predicted octanol–water partition coefficient (Wildman–Crippen LogP) is -1.55. The summed E-state index contributed by atoms with van der Waals surface area (Å²) in [5.41, 5.74) is 0. The van der Waals surface area contributed by atoms with Crippen molar-refractivity contribution in [2.75, 3.05) is 13.2 Å². The van der Waals surface area contributed by atoms with Gasteiger partial charge in [0.2, 0.25) is 29.1 Å². The molecule has 0 heterocycles. The zero-order valence-corrected chi connectivity index (χ0v) is 14.7. The molecule has 0 aliphatic carbocycles. The van der Waals surface area contributed by atoms with E-state index in [1.807, 2.05) is 0 Å². The molecule has 0 aromatic heterocycles. The Balaban J connectivity index is 0.00000576. The first-order chi connectivity index (χ1) is 10.8. The van der Waals surface area contributed by atoms with Crippen LogP contribution in [0.1, 0.15) is 0 Å². The number of ether oxygens (including phenoxy) is 2. The summed E-state index contributed by atoms with van der Waals surface area (Å²) in [6.07, 6.45) is 0. The summed E-state index contributed by atoms with van der Waals surface area (Å²) in [5, 5.41) is -5.43. The van der Waals surface area contributed by atoms with Crippen molar-refractivity contribution < 1.29 is 87.5 Å². The van der Waals surface area contributed by atoms with Gasteiger partial charge in [-0.1, -0.05) is 0 Å². The van der Waals surface area contributed by atoms with Crippen LogP contribution in [0, 0.1) is 29.1 Å². The molecule has 15 heteroatoms. The van der Waals surface area contributed by atoms with Gasteiger partial charge in [-0.15, -0.1) is 0 Å². The van der Waals surface area contributed by atoms with Crippen LogP contribution in [0.3, 0.4) is 0 Å². The maximum Gasteiger partial charge on any atom is 1.00 e. The molecular formula is C10H4F7NaO6S. The molecule has 6 nitrogen and oxygen atoms in total. The number of hydrogen-bond acceptors (Lipinski definition) is 6. The minimum Gasteiger partial charge on any atom is -0.743 e. The zero-order chi connectivity index (χ0) is 18.9. The van der Waals surface area contributed by atoms with Gasteiger partial charge in [0.25, 0.3) is 0 Å². The van der Waals surface area contributed by atoms with Crippen LogP contribution in [0.15, 0.2) is 0 Å². The van der Waals surface area contributed by atoms with Crippen molar-refractivity contribution in [1.82, 2.24) is 0 Å². The maximum atomic E-state index is 13.1. The molecule has 0 N–H and O–H groups in total. The SMILES string of the molecule is O=C(OCCOc1c(F)c(F)c(F)c(F)c1F)C(F)(F)S(=O)(=O)[O-].[Na+]. The van der Waals surface area contributed by atoms with Crippen molar-refractivity contribution in [2.24, 2.45) is 0 Å². The fourth-order valence-electron chi connectivity index (χ4n) is 1.18. The van der Waals surface area contributed by atoms with E-state index >= 15 is 0 Å². The summed E-state index contributed by atoms with van der Waals surface area (Å²) in [7, 11) is -6.38. The molecule has 1 rings (SSSR count). The smallest absolute Gasteiger partial charge is 0.743 e. The summed E-state index contributed by atoms with van der Waals surface area (Å²) in [6, 6.07) is 0. The largest absolute Gasteiger partial charge is 1.00 e. The second-order valence-corrected chi connectivity index (χ2v) is 5.28. The third kappa shape index (κ3) is 4.97. The van der Waals surface area contributed by atoms with Gasteiger partial charge in [-0.05, 0) is 0 Å². The van der Waals surface area contributed by atoms with E-state index in [1.165, 1.54) is 0 Å². The van der Waals surface area contributed by atoms with E-state index in [0.29, 0.717) is 0 Å². The standard InChI is InChI=1S/C10H5F7O6S.Na/c11-3-4(12)6(14)8(7(15)5(3)13)22-1-2-23-9(18)10(16,17)24(19,20)21;/h1-2H2,(H,19,20,21);/q;+1/p-1. The normalized spacial score (nSPS) is 11.7. The Morgan fingerprint density at radius 1 is 0.920 bits per heavy atom. The molecule has 0 amide bonds. The van der Waals surface area contributed by atoms with Crippen LogP contribution in [0.2, 0.25) is 0 Å². The Hall–Kier alpha value is -1.09. The first-order valence-corrected chi connectivity index (χ1v) is 6.87. The van der Waals surface area contributed by atoms with Crippen LogP contribution in [0.25, 0.3) is 0 Å². The first-order valence-electron chi connectivity index (χ1n) is 5.47. The molecule has 0 aliphatic heterocycles. The molecule has 0 atom stereocenters. The number of alkyl halides is 2. The number of rotatable bonds is 6. The van der Waals surface area contributed by atoms with Crippen molar-refractivity contribution in [3.63, 3.8) is 0 Å². The van der Waals surface area contributed by atoms with E-state index in [2.05, 4.69) is 9.47 Å². The Morgan fingerprint density at radius 2 is 1.32 bits per heavy atom. The Labute approximate surface area is 156 Å². The first kappa shape index (κ1) is 23.9. The minimum atomic E-state index is -6.38. The van der Waals surface area contributed by atoms with Gasteiger partial charge < -0.3 is 14.0 Å². The fraction of sp³-hybridized carbons (Fsp3) is 0.300. The van der Waals surface area contributed by atoms with E-state index in [-0.39, 0.29) is 29.6 Å². The van der Waals surface area contributed by atoms with Crippen LogP contribution in [0.4, 0.5) is 30.7 Å².